The molecule has 0 aromatic heterocycles. The highest BCUT2D eigenvalue weighted by atomic mass is 15.3. The van der Waals surface area contributed by atoms with Crippen LogP contribution in [0.5, 0.6) is 0 Å². The second kappa shape index (κ2) is 4.13. The third kappa shape index (κ3) is 5.07. The molecule has 0 atom stereocenters. The van der Waals surface area contributed by atoms with Gasteiger partial charge in [-0.3, -0.25) is 0 Å². The van der Waals surface area contributed by atoms with Gasteiger partial charge >= 0.3 is 0 Å². The van der Waals surface area contributed by atoms with Crippen molar-refractivity contribution in [2.24, 2.45) is 5.10 Å². The summed E-state index contributed by atoms with van der Waals surface area (Å²) in [4.78, 5) is 0. The summed E-state index contributed by atoms with van der Waals surface area (Å²) in [7, 11) is 0. The molecule has 0 rings (SSSR count). The fourth-order valence-corrected chi connectivity index (χ4v) is 0.277. The van der Waals surface area contributed by atoms with E-state index in [2.05, 4.69) is 17.1 Å². The fourth-order valence-electron chi connectivity index (χ4n) is 0.277. The molecule has 0 aliphatic heterocycles. The van der Waals surface area contributed by atoms with Crippen LogP contribution in [0.2, 0.25) is 0 Å². The first-order chi connectivity index (χ1) is 4.16. The molecule has 2 nitrogen and oxygen atoms in total. The quantitative estimate of drug-likeness (QED) is 0.450. The van der Waals surface area contributed by atoms with E-state index >= 15 is 0 Å². The van der Waals surface area contributed by atoms with Gasteiger partial charge in [-0.05, 0) is 26.8 Å². The Morgan fingerprint density at radius 2 is 2.22 bits per heavy atom. The summed E-state index contributed by atoms with van der Waals surface area (Å²) in [6, 6.07) is 0.403. The van der Waals surface area contributed by atoms with Gasteiger partial charge in [0.05, 0.1) is 5.71 Å². The van der Waals surface area contributed by atoms with Crippen molar-refractivity contribution in [3.8, 4) is 0 Å². The zero-order valence-electron chi connectivity index (χ0n) is 6.31. The highest BCUT2D eigenvalue weighted by Crippen LogP contribution is 1.78. The van der Waals surface area contributed by atoms with Crippen LogP contribution in [0.15, 0.2) is 17.8 Å². The van der Waals surface area contributed by atoms with E-state index in [-0.39, 0.29) is 0 Å². The standard InChI is InChI=1S/C7H14N2/c1-5-7(4)9-8-6(2)3/h5-6,8H,1H2,2-4H3. The number of nitrogens with zero attached hydrogens (tertiary/aromatic N) is 1. The lowest BCUT2D eigenvalue weighted by atomic mass is 10.4. The van der Waals surface area contributed by atoms with Crippen LogP contribution < -0.4 is 5.43 Å². The maximum Gasteiger partial charge on any atom is 0.0566 e. The minimum atomic E-state index is 0.403. The maximum absolute atomic E-state index is 3.99. The second-order valence-electron chi connectivity index (χ2n) is 2.24. The van der Waals surface area contributed by atoms with Gasteiger partial charge in [-0.2, -0.15) is 5.10 Å². The van der Waals surface area contributed by atoms with Gasteiger partial charge in [0.1, 0.15) is 0 Å². The van der Waals surface area contributed by atoms with Gasteiger partial charge in [0.25, 0.3) is 0 Å². The number of hydrazone groups is 1. The van der Waals surface area contributed by atoms with E-state index in [1.54, 1.807) is 6.08 Å². The van der Waals surface area contributed by atoms with Crippen LogP contribution in [-0.2, 0) is 0 Å². The molecule has 0 saturated carbocycles. The Kier molecular flexibility index (Phi) is 3.76. The number of hydrogen-bond acceptors (Lipinski definition) is 2. The molecule has 0 aliphatic carbocycles. The molecule has 9 heavy (non-hydrogen) atoms. The van der Waals surface area contributed by atoms with E-state index in [4.69, 9.17) is 0 Å². The molecule has 0 fully saturated rings. The highest BCUT2D eigenvalue weighted by Gasteiger charge is 1.85. The minimum Gasteiger partial charge on any atom is -0.307 e. The minimum absolute atomic E-state index is 0.403. The van der Waals surface area contributed by atoms with Crippen molar-refractivity contribution in [2.45, 2.75) is 26.8 Å². The Bertz CT molecular complexity index is 114. The summed E-state index contributed by atoms with van der Waals surface area (Å²) >= 11 is 0. The van der Waals surface area contributed by atoms with Gasteiger partial charge in [0.2, 0.25) is 0 Å². The Morgan fingerprint density at radius 1 is 1.67 bits per heavy atom. The van der Waals surface area contributed by atoms with Crippen LogP contribution in [0, 0.1) is 0 Å². The van der Waals surface area contributed by atoms with Crippen molar-refractivity contribution in [3.63, 3.8) is 0 Å². The molecular weight excluding hydrogens is 112 g/mol. The summed E-state index contributed by atoms with van der Waals surface area (Å²) < 4.78 is 0. The first-order valence-corrected chi connectivity index (χ1v) is 3.09. The van der Waals surface area contributed by atoms with Gasteiger partial charge in [0.15, 0.2) is 0 Å². The first-order valence-electron chi connectivity index (χ1n) is 3.09. The molecule has 0 amide bonds. The van der Waals surface area contributed by atoms with E-state index in [0.29, 0.717) is 6.04 Å². The van der Waals surface area contributed by atoms with Gasteiger partial charge in [-0.15, -0.1) is 0 Å². The molecular formula is C7H14N2. The largest absolute Gasteiger partial charge is 0.307 e. The predicted molar refractivity (Wildman–Crippen MR) is 41.6 cm³/mol. The monoisotopic (exact) mass is 126 g/mol. The Morgan fingerprint density at radius 3 is 2.56 bits per heavy atom. The number of hydrogen-bond donors (Lipinski definition) is 1. The van der Waals surface area contributed by atoms with Crippen LogP contribution in [0.4, 0.5) is 0 Å². The zero-order chi connectivity index (χ0) is 7.28. The summed E-state index contributed by atoms with van der Waals surface area (Å²) in [6.07, 6.45) is 1.72. The number of allylic oxidation sites excluding steroid dienone is 1. The van der Waals surface area contributed by atoms with E-state index in [0.717, 1.165) is 5.71 Å². The molecule has 0 aromatic carbocycles. The van der Waals surface area contributed by atoms with Gasteiger partial charge in [-0.1, -0.05) is 6.58 Å². The van der Waals surface area contributed by atoms with Gasteiger partial charge < -0.3 is 5.43 Å². The van der Waals surface area contributed by atoms with Crippen molar-refractivity contribution < 1.29 is 0 Å². The van der Waals surface area contributed by atoms with E-state index in [1.165, 1.54) is 0 Å². The summed E-state index contributed by atoms with van der Waals surface area (Å²) in [5.41, 5.74) is 3.83. The van der Waals surface area contributed by atoms with Crippen molar-refractivity contribution >= 4 is 5.71 Å². The van der Waals surface area contributed by atoms with Crippen LogP contribution in [0.1, 0.15) is 20.8 Å². The van der Waals surface area contributed by atoms with E-state index in [1.807, 2.05) is 20.8 Å². The predicted octanol–water partition coefficient (Wildman–Crippen LogP) is 1.55. The summed E-state index contributed by atoms with van der Waals surface area (Å²) in [5, 5.41) is 3.99. The van der Waals surface area contributed by atoms with Crippen LogP contribution in [0.25, 0.3) is 0 Å². The normalized spacial score (nSPS) is 11.8. The Hall–Kier alpha value is -0.790. The Balaban J connectivity index is 3.56. The van der Waals surface area contributed by atoms with Crippen molar-refractivity contribution in [1.82, 2.24) is 5.43 Å². The molecule has 0 radical (unpaired) electrons. The maximum atomic E-state index is 3.99. The van der Waals surface area contributed by atoms with Crippen molar-refractivity contribution in [3.05, 3.63) is 12.7 Å². The van der Waals surface area contributed by atoms with Crippen LogP contribution >= 0.6 is 0 Å². The molecule has 0 bridgehead atoms. The average Bonchev–Trinajstić information content (AvgIpc) is 1.83. The van der Waals surface area contributed by atoms with E-state index in [9.17, 15) is 0 Å². The molecule has 0 heterocycles. The molecule has 2 heteroatoms. The number of rotatable bonds is 3. The molecule has 0 aliphatic rings. The van der Waals surface area contributed by atoms with E-state index < -0.39 is 0 Å². The Labute approximate surface area is 56.7 Å². The van der Waals surface area contributed by atoms with Crippen LogP contribution in [-0.4, -0.2) is 11.8 Å². The summed E-state index contributed by atoms with van der Waals surface area (Å²) in [5.74, 6) is 0. The second-order valence-corrected chi connectivity index (χ2v) is 2.24. The molecule has 1 N–H and O–H groups in total. The highest BCUT2D eigenvalue weighted by molar-refractivity contribution is 5.91. The lowest BCUT2D eigenvalue weighted by molar-refractivity contribution is 0.621. The third-order valence-electron chi connectivity index (χ3n) is 0.795. The molecule has 52 valence electrons. The SMILES string of the molecule is C=CC(C)=NNC(C)C. The zero-order valence-corrected chi connectivity index (χ0v) is 6.31. The third-order valence-corrected chi connectivity index (χ3v) is 0.795. The fraction of sp³-hybridized carbons (Fsp3) is 0.571. The lowest BCUT2D eigenvalue weighted by Gasteiger charge is -2.02. The van der Waals surface area contributed by atoms with Crippen LogP contribution in [0.3, 0.4) is 0 Å². The summed E-state index contributed by atoms with van der Waals surface area (Å²) in [6.45, 7) is 9.56. The first kappa shape index (κ1) is 8.21. The average molecular weight is 126 g/mol. The molecule has 0 spiro atoms. The molecule has 0 saturated heterocycles. The topological polar surface area (TPSA) is 24.4 Å². The molecule has 0 aromatic rings. The molecule has 0 unspecified atom stereocenters. The van der Waals surface area contributed by atoms with Gasteiger partial charge in [0, 0.05) is 6.04 Å². The van der Waals surface area contributed by atoms with Crippen molar-refractivity contribution in [1.29, 1.82) is 0 Å². The smallest absolute Gasteiger partial charge is 0.0566 e. The number of nitrogens with one attached hydrogen (secondary N) is 1. The van der Waals surface area contributed by atoms with Crippen molar-refractivity contribution in [2.75, 3.05) is 0 Å². The lowest BCUT2D eigenvalue weighted by Crippen LogP contribution is -2.17. The van der Waals surface area contributed by atoms with Gasteiger partial charge in [-0.25, -0.2) is 0 Å².